The molecule has 0 atom stereocenters. The first-order valence-corrected chi connectivity index (χ1v) is 6.32. The highest BCUT2D eigenvalue weighted by atomic mass is 79.9. The predicted octanol–water partition coefficient (Wildman–Crippen LogP) is 3.14. The van der Waals surface area contributed by atoms with E-state index in [-0.39, 0.29) is 17.8 Å². The highest BCUT2D eigenvalue weighted by Gasteiger charge is 2.13. The Morgan fingerprint density at radius 1 is 1.50 bits per heavy atom. The number of hydrogen-bond acceptors (Lipinski definition) is 2. The number of ketones is 1. The van der Waals surface area contributed by atoms with Gasteiger partial charge in [0, 0.05) is 19.7 Å². The number of benzene rings is 1. The Bertz CT molecular complexity index is 580. The van der Waals surface area contributed by atoms with Crippen LogP contribution in [-0.2, 0) is 13.5 Å². The first kappa shape index (κ1) is 13.0. The third-order valence-corrected chi connectivity index (χ3v) is 3.26. The normalized spacial score (nSPS) is 10.6. The molecule has 0 radical (unpaired) electrons. The zero-order valence-electron chi connectivity index (χ0n) is 9.86. The molecule has 0 aliphatic heterocycles. The molecular formula is C13H12BrFN2O. The van der Waals surface area contributed by atoms with E-state index < -0.39 is 5.82 Å². The largest absolute Gasteiger partial charge is 0.294 e. The van der Waals surface area contributed by atoms with Crippen molar-refractivity contribution in [3.05, 3.63) is 52.0 Å². The van der Waals surface area contributed by atoms with E-state index in [0.29, 0.717) is 10.9 Å². The molecule has 0 fully saturated rings. The van der Waals surface area contributed by atoms with Crippen molar-refractivity contribution in [2.24, 2.45) is 7.05 Å². The molecule has 5 heteroatoms. The van der Waals surface area contributed by atoms with Crippen molar-refractivity contribution in [3.8, 4) is 0 Å². The van der Waals surface area contributed by atoms with Crippen molar-refractivity contribution < 1.29 is 9.18 Å². The number of nitrogens with zero attached hydrogens (tertiary/aromatic N) is 2. The van der Waals surface area contributed by atoms with Gasteiger partial charge in [-0.25, -0.2) is 4.39 Å². The second kappa shape index (κ2) is 5.44. The molecule has 2 aromatic rings. The molecule has 1 aromatic carbocycles. The molecule has 1 heterocycles. The molecule has 2 rings (SSSR count). The first-order chi connectivity index (χ1) is 8.58. The minimum absolute atomic E-state index is 0.133. The lowest BCUT2D eigenvalue weighted by atomic mass is 10.0. The van der Waals surface area contributed by atoms with Crippen LogP contribution in [0.15, 0.2) is 35.1 Å². The van der Waals surface area contributed by atoms with Gasteiger partial charge in [0.05, 0.1) is 16.2 Å². The van der Waals surface area contributed by atoms with Crippen LogP contribution in [0, 0.1) is 5.82 Å². The molecule has 0 aliphatic rings. The van der Waals surface area contributed by atoms with Crippen LogP contribution in [0.4, 0.5) is 4.39 Å². The number of rotatable bonds is 4. The number of halogens is 2. The summed E-state index contributed by atoms with van der Waals surface area (Å²) in [5.41, 5.74) is 1.11. The molecule has 0 amide bonds. The van der Waals surface area contributed by atoms with Crippen LogP contribution >= 0.6 is 15.9 Å². The zero-order valence-corrected chi connectivity index (χ0v) is 11.4. The van der Waals surface area contributed by atoms with E-state index in [2.05, 4.69) is 21.0 Å². The Balaban J connectivity index is 2.06. The van der Waals surface area contributed by atoms with E-state index in [1.54, 1.807) is 23.0 Å². The van der Waals surface area contributed by atoms with Crippen LogP contribution in [0.1, 0.15) is 22.3 Å². The molecule has 0 saturated heterocycles. The van der Waals surface area contributed by atoms with Crippen molar-refractivity contribution in [3.63, 3.8) is 0 Å². The Kier molecular flexibility index (Phi) is 3.91. The highest BCUT2D eigenvalue weighted by molar-refractivity contribution is 9.10. The van der Waals surface area contributed by atoms with Gasteiger partial charge < -0.3 is 0 Å². The Hall–Kier alpha value is -1.49. The Morgan fingerprint density at radius 2 is 2.28 bits per heavy atom. The average Bonchev–Trinajstić information content (AvgIpc) is 2.76. The Labute approximate surface area is 113 Å². The number of carbonyl (C=O) groups is 1. The molecule has 3 nitrogen and oxygen atoms in total. The van der Waals surface area contributed by atoms with Crippen LogP contribution in [0.2, 0.25) is 0 Å². The van der Waals surface area contributed by atoms with Gasteiger partial charge in [-0.15, -0.1) is 0 Å². The van der Waals surface area contributed by atoms with Gasteiger partial charge in [0.15, 0.2) is 5.78 Å². The number of aryl methyl sites for hydroxylation is 2. The molecule has 0 aliphatic carbocycles. The van der Waals surface area contributed by atoms with Gasteiger partial charge >= 0.3 is 0 Å². The minimum atomic E-state index is -0.492. The molecule has 94 valence electrons. The van der Waals surface area contributed by atoms with Crippen molar-refractivity contribution >= 4 is 21.7 Å². The van der Waals surface area contributed by atoms with Gasteiger partial charge in [-0.2, -0.15) is 5.10 Å². The molecule has 0 bridgehead atoms. The molecule has 0 unspecified atom stereocenters. The minimum Gasteiger partial charge on any atom is -0.294 e. The van der Waals surface area contributed by atoms with Crippen LogP contribution in [-0.4, -0.2) is 15.6 Å². The maximum absolute atomic E-state index is 13.7. The number of aromatic nitrogens is 2. The fraction of sp³-hybridized carbons (Fsp3) is 0.231. The lowest BCUT2D eigenvalue weighted by Crippen LogP contribution is -2.04. The fourth-order valence-corrected chi connectivity index (χ4v) is 2.08. The van der Waals surface area contributed by atoms with E-state index >= 15 is 0 Å². The average molecular weight is 311 g/mol. The predicted molar refractivity (Wildman–Crippen MR) is 70.0 cm³/mol. The van der Waals surface area contributed by atoms with Gasteiger partial charge in [-0.1, -0.05) is 6.07 Å². The summed E-state index contributed by atoms with van der Waals surface area (Å²) in [6.45, 7) is 0. The smallest absolute Gasteiger partial charge is 0.166 e. The summed E-state index contributed by atoms with van der Waals surface area (Å²) < 4.78 is 15.7. The van der Waals surface area contributed by atoms with Crippen LogP contribution in [0.25, 0.3) is 0 Å². The lowest BCUT2D eigenvalue weighted by molar-refractivity contribution is 0.0979. The standard InChI is InChI=1S/C13H12BrFN2O/c1-17-8-9(7-16-17)5-6-12(18)10-3-2-4-11(14)13(10)15/h2-4,7-8H,5-6H2,1H3. The van der Waals surface area contributed by atoms with E-state index in [0.717, 1.165) is 5.56 Å². The number of carbonyl (C=O) groups excluding carboxylic acids is 1. The van der Waals surface area contributed by atoms with Gasteiger partial charge in [0.25, 0.3) is 0 Å². The molecule has 1 aromatic heterocycles. The fourth-order valence-electron chi connectivity index (χ4n) is 1.71. The highest BCUT2D eigenvalue weighted by Crippen LogP contribution is 2.20. The Morgan fingerprint density at radius 3 is 2.94 bits per heavy atom. The van der Waals surface area contributed by atoms with E-state index in [1.165, 1.54) is 6.07 Å². The second-order valence-corrected chi connectivity index (χ2v) is 4.90. The van der Waals surface area contributed by atoms with Gasteiger partial charge in [-0.05, 0) is 40.0 Å². The van der Waals surface area contributed by atoms with Crippen LogP contribution < -0.4 is 0 Å². The molecule has 0 spiro atoms. The van der Waals surface area contributed by atoms with Crippen molar-refractivity contribution in [1.29, 1.82) is 0 Å². The SMILES string of the molecule is Cn1cc(CCC(=O)c2cccc(Br)c2F)cn1. The van der Waals surface area contributed by atoms with Crippen LogP contribution in [0.3, 0.4) is 0 Å². The molecular weight excluding hydrogens is 299 g/mol. The van der Waals surface area contributed by atoms with E-state index in [9.17, 15) is 9.18 Å². The summed E-state index contributed by atoms with van der Waals surface area (Å²) in [6, 6.07) is 4.74. The number of hydrogen-bond donors (Lipinski definition) is 0. The number of Topliss-reactive ketones (excluding diaryl/α,β-unsaturated/α-hetero) is 1. The topological polar surface area (TPSA) is 34.9 Å². The third-order valence-electron chi connectivity index (χ3n) is 2.65. The van der Waals surface area contributed by atoms with Gasteiger partial charge in [0.2, 0.25) is 0 Å². The summed E-state index contributed by atoms with van der Waals surface area (Å²) in [6.07, 6.45) is 4.41. The molecule has 18 heavy (non-hydrogen) atoms. The summed E-state index contributed by atoms with van der Waals surface area (Å²) in [5.74, 6) is -0.689. The monoisotopic (exact) mass is 310 g/mol. The maximum Gasteiger partial charge on any atom is 0.166 e. The van der Waals surface area contributed by atoms with E-state index in [1.807, 2.05) is 13.2 Å². The van der Waals surface area contributed by atoms with E-state index in [4.69, 9.17) is 0 Å². The quantitative estimate of drug-likeness (QED) is 0.813. The zero-order chi connectivity index (χ0) is 13.1. The first-order valence-electron chi connectivity index (χ1n) is 5.52. The summed E-state index contributed by atoms with van der Waals surface area (Å²) in [7, 11) is 1.82. The van der Waals surface area contributed by atoms with Crippen molar-refractivity contribution in [2.75, 3.05) is 0 Å². The summed E-state index contributed by atoms with van der Waals surface area (Å²) >= 11 is 3.07. The van der Waals surface area contributed by atoms with Gasteiger partial charge in [-0.3, -0.25) is 9.48 Å². The molecule has 0 saturated carbocycles. The van der Waals surface area contributed by atoms with Crippen molar-refractivity contribution in [2.45, 2.75) is 12.8 Å². The lowest BCUT2D eigenvalue weighted by Gasteiger charge is -2.03. The third kappa shape index (κ3) is 2.85. The van der Waals surface area contributed by atoms with Crippen LogP contribution in [0.5, 0.6) is 0 Å². The summed E-state index contributed by atoms with van der Waals surface area (Å²) in [5, 5.41) is 4.02. The van der Waals surface area contributed by atoms with Crippen molar-refractivity contribution in [1.82, 2.24) is 9.78 Å². The summed E-state index contributed by atoms with van der Waals surface area (Å²) in [4.78, 5) is 11.9. The second-order valence-electron chi connectivity index (χ2n) is 4.05. The maximum atomic E-state index is 13.7. The molecule has 0 N–H and O–H groups in total. The van der Waals surface area contributed by atoms with Gasteiger partial charge in [0.1, 0.15) is 5.82 Å².